The van der Waals surface area contributed by atoms with Crippen molar-refractivity contribution in [1.29, 1.82) is 0 Å². The first-order chi connectivity index (χ1) is 12.8. The Kier molecular flexibility index (Phi) is 5.83. The smallest absolute Gasteiger partial charge is 0.378 e. The summed E-state index contributed by atoms with van der Waals surface area (Å²) in [4.78, 5) is 14.5. The third-order valence-corrected chi connectivity index (χ3v) is 4.94. The van der Waals surface area contributed by atoms with Gasteiger partial charge in [0.05, 0.1) is 45.8 Å². The lowest BCUT2D eigenvalue weighted by Crippen LogP contribution is -2.36. The molecule has 0 aliphatic carbocycles. The Morgan fingerprint density at radius 1 is 1.11 bits per heavy atom. The fourth-order valence-corrected chi connectivity index (χ4v) is 3.15. The summed E-state index contributed by atoms with van der Waals surface area (Å²) in [7, 11) is 0. The number of rotatable bonds is 3. The number of halogens is 5. The highest BCUT2D eigenvalue weighted by atomic mass is 35.5. The Morgan fingerprint density at radius 2 is 1.81 bits per heavy atom. The quantitative estimate of drug-likeness (QED) is 0.753. The van der Waals surface area contributed by atoms with Gasteiger partial charge in [-0.3, -0.25) is 4.79 Å². The summed E-state index contributed by atoms with van der Waals surface area (Å²) in [5.74, 6) is -0.642. The third-order valence-electron chi connectivity index (χ3n) is 4.12. The number of ether oxygens (including phenoxy) is 1. The first kappa shape index (κ1) is 19.8. The minimum absolute atomic E-state index is 0.0385. The molecule has 1 amide bonds. The summed E-state index contributed by atoms with van der Waals surface area (Å²) in [5.41, 5.74) is -0.243. The van der Waals surface area contributed by atoms with Crippen LogP contribution in [0.15, 0.2) is 36.4 Å². The van der Waals surface area contributed by atoms with E-state index in [1.165, 1.54) is 24.3 Å². The van der Waals surface area contributed by atoms with Gasteiger partial charge in [0.1, 0.15) is 0 Å². The van der Waals surface area contributed by atoms with Crippen LogP contribution in [0.3, 0.4) is 0 Å². The van der Waals surface area contributed by atoms with Crippen molar-refractivity contribution < 1.29 is 22.7 Å². The number of carbonyl (C=O) groups is 1. The predicted octanol–water partition coefficient (Wildman–Crippen LogP) is 5.10. The lowest BCUT2D eigenvalue weighted by atomic mass is 10.1. The molecule has 144 valence electrons. The topological polar surface area (TPSA) is 41.6 Å². The molecule has 0 saturated carbocycles. The van der Waals surface area contributed by atoms with Crippen LogP contribution in [0.4, 0.5) is 24.5 Å². The number of amides is 1. The van der Waals surface area contributed by atoms with E-state index in [-0.39, 0.29) is 21.3 Å². The lowest BCUT2D eigenvalue weighted by Gasteiger charge is -2.31. The van der Waals surface area contributed by atoms with Gasteiger partial charge in [0, 0.05) is 13.1 Å². The van der Waals surface area contributed by atoms with E-state index < -0.39 is 17.6 Å². The van der Waals surface area contributed by atoms with Gasteiger partial charge >= 0.3 is 6.18 Å². The molecule has 1 saturated heterocycles. The van der Waals surface area contributed by atoms with E-state index in [1.807, 2.05) is 4.90 Å². The molecule has 0 aromatic heterocycles. The normalized spacial score (nSPS) is 14.9. The lowest BCUT2D eigenvalue weighted by molar-refractivity contribution is -0.137. The van der Waals surface area contributed by atoms with Crippen molar-refractivity contribution >= 4 is 40.5 Å². The van der Waals surface area contributed by atoms with Crippen molar-refractivity contribution in [2.45, 2.75) is 6.18 Å². The zero-order valence-electron chi connectivity index (χ0n) is 13.9. The van der Waals surface area contributed by atoms with E-state index in [4.69, 9.17) is 27.9 Å². The molecular weight excluding hydrogens is 404 g/mol. The largest absolute Gasteiger partial charge is 0.416 e. The maximum Gasteiger partial charge on any atom is 0.416 e. The van der Waals surface area contributed by atoms with E-state index in [0.29, 0.717) is 32.0 Å². The SMILES string of the molecule is O=C(Nc1cc(C(F)(F)F)ccc1N1CCOCC1)c1cccc(Cl)c1Cl. The van der Waals surface area contributed by atoms with Crippen molar-refractivity contribution in [2.75, 3.05) is 36.5 Å². The fraction of sp³-hybridized carbons (Fsp3) is 0.278. The van der Waals surface area contributed by atoms with Crippen LogP contribution in [0.1, 0.15) is 15.9 Å². The maximum absolute atomic E-state index is 13.1. The van der Waals surface area contributed by atoms with E-state index in [0.717, 1.165) is 12.1 Å². The molecule has 1 N–H and O–H groups in total. The molecule has 1 fully saturated rings. The van der Waals surface area contributed by atoms with Crippen molar-refractivity contribution in [2.24, 2.45) is 0 Å². The van der Waals surface area contributed by atoms with Gasteiger partial charge in [-0.25, -0.2) is 0 Å². The average molecular weight is 419 g/mol. The number of hydrogen-bond acceptors (Lipinski definition) is 3. The van der Waals surface area contributed by atoms with Crippen LogP contribution in [-0.4, -0.2) is 32.2 Å². The Hall–Kier alpha value is -1.96. The fourth-order valence-electron chi connectivity index (χ4n) is 2.76. The molecule has 1 heterocycles. The van der Waals surface area contributed by atoms with Crippen LogP contribution in [0.5, 0.6) is 0 Å². The summed E-state index contributed by atoms with van der Waals surface area (Å²) in [5, 5.41) is 2.76. The van der Waals surface area contributed by atoms with Gasteiger partial charge in [-0.2, -0.15) is 13.2 Å². The molecule has 27 heavy (non-hydrogen) atoms. The van der Waals surface area contributed by atoms with Gasteiger partial charge in [0.15, 0.2) is 0 Å². The molecule has 0 spiro atoms. The van der Waals surface area contributed by atoms with Gasteiger partial charge in [0.25, 0.3) is 5.91 Å². The summed E-state index contributed by atoms with van der Waals surface area (Å²) >= 11 is 12.0. The Bertz CT molecular complexity index is 853. The molecule has 9 heteroatoms. The number of anilines is 2. The van der Waals surface area contributed by atoms with E-state index >= 15 is 0 Å². The van der Waals surface area contributed by atoms with E-state index in [1.54, 1.807) is 0 Å². The van der Waals surface area contributed by atoms with Crippen LogP contribution >= 0.6 is 23.2 Å². The molecule has 0 radical (unpaired) electrons. The van der Waals surface area contributed by atoms with Crippen molar-refractivity contribution in [3.63, 3.8) is 0 Å². The monoisotopic (exact) mass is 418 g/mol. The molecule has 3 rings (SSSR count). The number of benzene rings is 2. The van der Waals surface area contributed by atoms with Crippen LogP contribution < -0.4 is 10.2 Å². The van der Waals surface area contributed by atoms with Gasteiger partial charge in [-0.15, -0.1) is 0 Å². The van der Waals surface area contributed by atoms with Crippen LogP contribution in [0.25, 0.3) is 0 Å². The van der Waals surface area contributed by atoms with E-state index in [2.05, 4.69) is 5.32 Å². The molecule has 2 aromatic rings. The Balaban J connectivity index is 1.97. The summed E-state index contributed by atoms with van der Waals surface area (Å²) in [6.45, 7) is 1.92. The summed E-state index contributed by atoms with van der Waals surface area (Å²) < 4.78 is 44.7. The standard InChI is InChI=1S/C18H15Cl2F3N2O2/c19-13-3-1-2-12(16(13)20)17(26)24-14-10-11(18(21,22)23)4-5-15(14)25-6-8-27-9-7-25/h1-5,10H,6-9H2,(H,24,26). The average Bonchev–Trinajstić information content (AvgIpc) is 2.64. The molecule has 4 nitrogen and oxygen atoms in total. The third kappa shape index (κ3) is 4.48. The highest BCUT2D eigenvalue weighted by Gasteiger charge is 2.32. The summed E-state index contributed by atoms with van der Waals surface area (Å²) in [6, 6.07) is 7.77. The zero-order valence-corrected chi connectivity index (χ0v) is 15.5. The molecule has 0 unspecified atom stereocenters. The molecule has 0 atom stereocenters. The molecule has 1 aliphatic rings. The highest BCUT2D eigenvalue weighted by Crippen LogP contribution is 2.36. The molecule has 1 aliphatic heterocycles. The number of nitrogens with zero attached hydrogens (tertiary/aromatic N) is 1. The second-order valence-electron chi connectivity index (χ2n) is 5.88. The van der Waals surface area contributed by atoms with E-state index in [9.17, 15) is 18.0 Å². The van der Waals surface area contributed by atoms with Gasteiger partial charge in [0.2, 0.25) is 0 Å². The van der Waals surface area contributed by atoms with Crippen LogP contribution in [0, 0.1) is 0 Å². The number of alkyl halides is 3. The maximum atomic E-state index is 13.1. The number of hydrogen-bond donors (Lipinski definition) is 1. The predicted molar refractivity (Wildman–Crippen MR) is 98.9 cm³/mol. The number of nitrogens with one attached hydrogen (secondary N) is 1. The number of carbonyl (C=O) groups excluding carboxylic acids is 1. The summed E-state index contributed by atoms with van der Waals surface area (Å²) in [6.07, 6.45) is -4.53. The second-order valence-corrected chi connectivity index (χ2v) is 6.67. The van der Waals surface area contributed by atoms with Gasteiger partial charge in [-0.05, 0) is 30.3 Å². The minimum Gasteiger partial charge on any atom is -0.378 e. The zero-order chi connectivity index (χ0) is 19.6. The Labute approximate surface area is 163 Å². The van der Waals surface area contributed by atoms with Crippen molar-refractivity contribution in [3.8, 4) is 0 Å². The first-order valence-corrected chi connectivity index (χ1v) is 8.82. The van der Waals surface area contributed by atoms with Gasteiger partial charge in [-0.1, -0.05) is 29.3 Å². The van der Waals surface area contributed by atoms with Crippen LogP contribution in [-0.2, 0) is 10.9 Å². The molecule has 0 bridgehead atoms. The van der Waals surface area contributed by atoms with Gasteiger partial charge < -0.3 is 15.0 Å². The minimum atomic E-state index is -4.53. The van der Waals surface area contributed by atoms with Crippen LogP contribution in [0.2, 0.25) is 10.0 Å². The van der Waals surface area contributed by atoms with Crippen molar-refractivity contribution in [3.05, 3.63) is 57.6 Å². The molecule has 2 aromatic carbocycles. The highest BCUT2D eigenvalue weighted by molar-refractivity contribution is 6.44. The number of morpholine rings is 1. The Morgan fingerprint density at radius 3 is 2.48 bits per heavy atom. The first-order valence-electron chi connectivity index (χ1n) is 8.06. The molecular formula is C18H15Cl2F3N2O2. The second kappa shape index (κ2) is 7.96. The van der Waals surface area contributed by atoms with Crippen molar-refractivity contribution in [1.82, 2.24) is 0 Å².